The van der Waals surface area contributed by atoms with Crippen molar-refractivity contribution in [3.05, 3.63) is 62.5 Å². The van der Waals surface area contributed by atoms with E-state index in [1.165, 1.54) is 0 Å². The maximum atomic E-state index is 12.3. The molecule has 0 radical (unpaired) electrons. The minimum Gasteiger partial charge on any atom is -0.322 e. The van der Waals surface area contributed by atoms with E-state index in [9.17, 15) is 4.79 Å². The fourth-order valence-electron chi connectivity index (χ4n) is 1.84. The van der Waals surface area contributed by atoms with Crippen LogP contribution < -0.4 is 5.32 Å². The summed E-state index contributed by atoms with van der Waals surface area (Å²) in [4.78, 5) is 12.5. The number of halogens is 3. The van der Waals surface area contributed by atoms with E-state index in [-0.39, 0.29) is 10.7 Å². The van der Waals surface area contributed by atoms with Crippen molar-refractivity contribution >= 4 is 59.4 Å². The highest BCUT2D eigenvalue weighted by Gasteiger charge is 2.12. The Balaban J connectivity index is 2.28. The van der Waals surface area contributed by atoms with Gasteiger partial charge in [0.25, 0.3) is 5.91 Å². The van der Waals surface area contributed by atoms with Gasteiger partial charge < -0.3 is 5.32 Å². The maximum absolute atomic E-state index is 12.3. The van der Waals surface area contributed by atoms with Crippen LogP contribution in [0.2, 0.25) is 0 Å². The van der Waals surface area contributed by atoms with Gasteiger partial charge in [0.15, 0.2) is 0 Å². The highest BCUT2D eigenvalue weighted by molar-refractivity contribution is 9.11. The molecule has 20 heavy (non-hydrogen) atoms. The van der Waals surface area contributed by atoms with Crippen molar-refractivity contribution in [2.75, 3.05) is 5.32 Å². The minimum atomic E-state index is -0.132. The summed E-state index contributed by atoms with van der Waals surface area (Å²) in [6, 6.07) is 13.2. The van der Waals surface area contributed by atoms with E-state index in [2.05, 4.69) is 53.1 Å². The van der Waals surface area contributed by atoms with Gasteiger partial charge in [-0.05, 0) is 36.8 Å². The van der Waals surface area contributed by atoms with Gasteiger partial charge in [0.2, 0.25) is 0 Å². The average Bonchev–Trinajstić information content (AvgIpc) is 2.37. The number of carbonyl (C=O) groups excluding carboxylic acids is 1. The standard InChI is InChI=1S/C15H12Br3NO/c1-9(16)13-4-2-3-5-14(13)19-15(20)10-6-11(17)8-12(18)7-10/h2-9H,1H3,(H,19,20). The van der Waals surface area contributed by atoms with Crippen molar-refractivity contribution in [1.29, 1.82) is 0 Å². The van der Waals surface area contributed by atoms with Crippen LogP contribution >= 0.6 is 47.8 Å². The number of para-hydroxylation sites is 1. The third-order valence-corrected chi connectivity index (χ3v) is 4.17. The molecular weight excluding hydrogens is 450 g/mol. The predicted molar refractivity (Wildman–Crippen MR) is 93.6 cm³/mol. The molecule has 1 amide bonds. The highest BCUT2D eigenvalue weighted by Crippen LogP contribution is 2.29. The van der Waals surface area contributed by atoms with Crippen LogP contribution in [0.25, 0.3) is 0 Å². The van der Waals surface area contributed by atoms with E-state index in [0.29, 0.717) is 5.56 Å². The van der Waals surface area contributed by atoms with E-state index in [1.807, 2.05) is 37.3 Å². The second-order valence-corrected chi connectivity index (χ2v) is 7.52. The van der Waals surface area contributed by atoms with E-state index >= 15 is 0 Å². The summed E-state index contributed by atoms with van der Waals surface area (Å²) in [6.45, 7) is 2.03. The second-order valence-electron chi connectivity index (χ2n) is 4.32. The molecule has 0 bridgehead atoms. The van der Waals surface area contributed by atoms with Crippen LogP contribution in [0.15, 0.2) is 51.4 Å². The number of hydrogen-bond acceptors (Lipinski definition) is 1. The van der Waals surface area contributed by atoms with Crippen molar-refractivity contribution in [2.45, 2.75) is 11.8 Å². The molecule has 0 aliphatic heterocycles. The molecule has 5 heteroatoms. The van der Waals surface area contributed by atoms with Gasteiger partial charge in [-0.1, -0.05) is 66.0 Å². The number of hydrogen-bond donors (Lipinski definition) is 1. The molecule has 2 nitrogen and oxygen atoms in total. The smallest absolute Gasteiger partial charge is 0.255 e. The topological polar surface area (TPSA) is 29.1 Å². The van der Waals surface area contributed by atoms with Crippen molar-refractivity contribution in [3.8, 4) is 0 Å². The number of anilines is 1. The monoisotopic (exact) mass is 459 g/mol. The zero-order valence-electron chi connectivity index (χ0n) is 10.7. The molecule has 0 heterocycles. The van der Waals surface area contributed by atoms with Crippen LogP contribution in [0, 0.1) is 0 Å². The van der Waals surface area contributed by atoms with Crippen molar-refractivity contribution in [3.63, 3.8) is 0 Å². The summed E-state index contributed by atoms with van der Waals surface area (Å²) < 4.78 is 1.72. The predicted octanol–water partition coefficient (Wildman–Crippen LogP) is 5.92. The number of benzene rings is 2. The van der Waals surface area contributed by atoms with Crippen molar-refractivity contribution < 1.29 is 4.79 Å². The Morgan fingerprint density at radius 2 is 1.70 bits per heavy atom. The van der Waals surface area contributed by atoms with Gasteiger partial charge in [-0.25, -0.2) is 0 Å². The quantitative estimate of drug-likeness (QED) is 0.565. The molecule has 0 saturated carbocycles. The molecule has 0 aliphatic rings. The molecule has 0 spiro atoms. The number of rotatable bonds is 3. The molecule has 104 valence electrons. The van der Waals surface area contributed by atoms with Crippen molar-refractivity contribution in [1.82, 2.24) is 0 Å². The zero-order valence-corrected chi connectivity index (χ0v) is 15.4. The number of amides is 1. The first kappa shape index (κ1) is 15.7. The van der Waals surface area contributed by atoms with Crippen LogP contribution in [0.3, 0.4) is 0 Å². The zero-order chi connectivity index (χ0) is 14.7. The van der Waals surface area contributed by atoms with E-state index in [4.69, 9.17) is 0 Å². The van der Waals surface area contributed by atoms with E-state index in [1.54, 1.807) is 12.1 Å². The van der Waals surface area contributed by atoms with Crippen LogP contribution in [0.4, 0.5) is 5.69 Å². The molecule has 0 saturated heterocycles. The Labute approximate surface area is 143 Å². The lowest BCUT2D eigenvalue weighted by molar-refractivity contribution is 0.102. The molecule has 1 atom stereocenters. The molecule has 0 fully saturated rings. The molecule has 1 N–H and O–H groups in total. The minimum absolute atomic E-state index is 0.132. The lowest BCUT2D eigenvalue weighted by atomic mass is 10.1. The lowest BCUT2D eigenvalue weighted by Crippen LogP contribution is -2.13. The Bertz CT molecular complexity index is 621. The number of nitrogens with one attached hydrogen (secondary N) is 1. The number of carbonyl (C=O) groups is 1. The first-order valence-corrected chi connectivity index (χ1v) is 8.48. The fourth-order valence-corrected chi connectivity index (χ4v) is 3.53. The normalized spacial score (nSPS) is 12.0. The summed E-state index contributed by atoms with van der Waals surface area (Å²) in [7, 11) is 0. The van der Waals surface area contributed by atoms with Gasteiger partial charge in [-0.3, -0.25) is 4.79 Å². The van der Waals surface area contributed by atoms with Gasteiger partial charge in [-0.2, -0.15) is 0 Å². The third kappa shape index (κ3) is 3.93. The summed E-state index contributed by atoms with van der Waals surface area (Å²) in [5.74, 6) is -0.132. The number of alkyl halides is 1. The van der Waals surface area contributed by atoms with Gasteiger partial charge in [0.1, 0.15) is 0 Å². The summed E-state index contributed by atoms with van der Waals surface area (Å²) in [5.41, 5.74) is 2.47. The molecule has 0 aromatic heterocycles. The Hall–Kier alpha value is -0.650. The van der Waals surface area contributed by atoms with E-state index < -0.39 is 0 Å². The summed E-state index contributed by atoms with van der Waals surface area (Å²) >= 11 is 10.3. The maximum Gasteiger partial charge on any atom is 0.255 e. The van der Waals surface area contributed by atoms with Gasteiger partial charge in [0.05, 0.1) is 0 Å². The van der Waals surface area contributed by atoms with Gasteiger partial charge in [-0.15, -0.1) is 0 Å². The van der Waals surface area contributed by atoms with Crippen molar-refractivity contribution in [2.24, 2.45) is 0 Å². The van der Waals surface area contributed by atoms with E-state index in [0.717, 1.165) is 20.2 Å². The average molecular weight is 462 g/mol. The Kier molecular flexibility index (Phi) is 5.41. The van der Waals surface area contributed by atoms with Crippen LogP contribution in [0.1, 0.15) is 27.7 Å². The molecule has 1 unspecified atom stereocenters. The highest BCUT2D eigenvalue weighted by atomic mass is 79.9. The lowest BCUT2D eigenvalue weighted by Gasteiger charge is -2.13. The Morgan fingerprint density at radius 1 is 1.10 bits per heavy atom. The van der Waals surface area contributed by atoms with Gasteiger partial charge >= 0.3 is 0 Å². The molecule has 2 aromatic carbocycles. The third-order valence-electron chi connectivity index (χ3n) is 2.76. The van der Waals surface area contributed by atoms with Crippen LogP contribution in [-0.4, -0.2) is 5.91 Å². The first-order valence-electron chi connectivity index (χ1n) is 5.98. The summed E-state index contributed by atoms with van der Waals surface area (Å²) in [6.07, 6.45) is 0. The molecule has 0 aliphatic carbocycles. The molecule has 2 rings (SSSR count). The molecular formula is C15H12Br3NO. The largest absolute Gasteiger partial charge is 0.322 e. The van der Waals surface area contributed by atoms with Gasteiger partial charge in [0, 0.05) is 25.0 Å². The fraction of sp³-hybridized carbons (Fsp3) is 0.133. The SMILES string of the molecule is CC(Br)c1ccccc1NC(=O)c1cc(Br)cc(Br)c1. The first-order chi connectivity index (χ1) is 9.47. The van der Waals surface area contributed by atoms with Crippen LogP contribution in [0.5, 0.6) is 0 Å². The second kappa shape index (κ2) is 6.87. The molecule has 2 aromatic rings. The summed E-state index contributed by atoms with van der Waals surface area (Å²) in [5, 5.41) is 2.95. The van der Waals surface area contributed by atoms with Crippen LogP contribution in [-0.2, 0) is 0 Å². The Morgan fingerprint density at radius 3 is 2.30 bits per heavy atom.